The SMILES string of the molecule is CCCCOC(=O)CCc1ccccc1.O=C(CCc1ccccc1)Oc1ccccc1. The molecule has 0 unspecified atom stereocenters. The summed E-state index contributed by atoms with van der Waals surface area (Å²) in [6, 6.07) is 29.1. The minimum Gasteiger partial charge on any atom is -0.466 e. The Morgan fingerprint density at radius 1 is 0.656 bits per heavy atom. The summed E-state index contributed by atoms with van der Waals surface area (Å²) in [5.41, 5.74) is 2.34. The maximum absolute atomic E-state index is 11.6. The lowest BCUT2D eigenvalue weighted by Crippen LogP contribution is -2.08. The second-order valence-corrected chi connectivity index (χ2v) is 7.33. The van der Waals surface area contributed by atoms with Crippen molar-refractivity contribution >= 4 is 11.9 Å². The lowest BCUT2D eigenvalue weighted by atomic mass is 10.1. The molecule has 0 aliphatic carbocycles. The van der Waals surface area contributed by atoms with Gasteiger partial charge in [-0.15, -0.1) is 0 Å². The third-order valence-electron chi connectivity index (χ3n) is 4.66. The molecule has 0 atom stereocenters. The van der Waals surface area contributed by atoms with Crippen LogP contribution in [0.5, 0.6) is 5.75 Å². The summed E-state index contributed by atoms with van der Waals surface area (Å²) < 4.78 is 10.3. The summed E-state index contributed by atoms with van der Waals surface area (Å²) in [7, 11) is 0. The molecule has 0 fully saturated rings. The third-order valence-corrected chi connectivity index (χ3v) is 4.66. The highest BCUT2D eigenvalue weighted by Crippen LogP contribution is 2.10. The van der Waals surface area contributed by atoms with Gasteiger partial charge in [-0.3, -0.25) is 9.59 Å². The second kappa shape index (κ2) is 15.4. The van der Waals surface area contributed by atoms with Crippen LogP contribution in [0.25, 0.3) is 0 Å². The van der Waals surface area contributed by atoms with Gasteiger partial charge in [0.2, 0.25) is 0 Å². The first-order valence-corrected chi connectivity index (χ1v) is 11.2. The van der Waals surface area contributed by atoms with Crippen LogP contribution in [0.4, 0.5) is 0 Å². The van der Waals surface area contributed by atoms with E-state index < -0.39 is 0 Å². The summed E-state index contributed by atoms with van der Waals surface area (Å²) in [6.07, 6.45) is 4.38. The number of aryl methyl sites for hydroxylation is 2. The fraction of sp³-hybridized carbons (Fsp3) is 0.286. The van der Waals surface area contributed by atoms with E-state index in [9.17, 15) is 9.59 Å². The molecule has 0 aliphatic heterocycles. The average Bonchev–Trinajstić information content (AvgIpc) is 2.84. The van der Waals surface area contributed by atoms with Crippen LogP contribution < -0.4 is 4.74 Å². The van der Waals surface area contributed by atoms with Gasteiger partial charge in [-0.25, -0.2) is 0 Å². The molecule has 4 nitrogen and oxygen atoms in total. The number of unbranched alkanes of at least 4 members (excludes halogenated alkanes) is 1. The predicted octanol–water partition coefficient (Wildman–Crippen LogP) is 6.19. The zero-order valence-electron chi connectivity index (χ0n) is 18.7. The molecule has 0 heterocycles. The Bertz CT molecular complexity index is 892. The molecular formula is C28H32O4. The molecule has 3 aromatic carbocycles. The number of carbonyl (C=O) groups excluding carboxylic acids is 2. The van der Waals surface area contributed by atoms with E-state index in [2.05, 4.69) is 6.92 Å². The van der Waals surface area contributed by atoms with Gasteiger partial charge < -0.3 is 9.47 Å². The fourth-order valence-corrected chi connectivity index (χ4v) is 2.86. The Kier molecular flexibility index (Phi) is 12.0. The molecule has 0 aliphatic rings. The van der Waals surface area contributed by atoms with Crippen LogP contribution in [-0.2, 0) is 27.2 Å². The quantitative estimate of drug-likeness (QED) is 0.218. The van der Waals surface area contributed by atoms with E-state index in [1.807, 2.05) is 78.9 Å². The van der Waals surface area contributed by atoms with E-state index in [1.165, 1.54) is 5.56 Å². The minimum atomic E-state index is -0.194. The van der Waals surface area contributed by atoms with Crippen molar-refractivity contribution in [2.45, 2.75) is 45.4 Å². The van der Waals surface area contributed by atoms with Crippen molar-refractivity contribution < 1.29 is 19.1 Å². The van der Waals surface area contributed by atoms with Gasteiger partial charge >= 0.3 is 11.9 Å². The Morgan fingerprint density at radius 3 is 1.62 bits per heavy atom. The first-order valence-electron chi connectivity index (χ1n) is 11.2. The smallest absolute Gasteiger partial charge is 0.311 e. The van der Waals surface area contributed by atoms with Crippen LogP contribution >= 0.6 is 0 Å². The number of rotatable bonds is 10. The van der Waals surface area contributed by atoms with Gasteiger partial charge in [0.15, 0.2) is 0 Å². The van der Waals surface area contributed by atoms with E-state index in [4.69, 9.17) is 9.47 Å². The van der Waals surface area contributed by atoms with Crippen molar-refractivity contribution in [3.05, 3.63) is 102 Å². The number of hydrogen-bond acceptors (Lipinski definition) is 4. The standard InChI is InChI=1S/C15H14O2.C13H18O2/c16-15(17-14-9-5-2-6-10-14)12-11-13-7-3-1-4-8-13;1-2-3-11-15-13(14)10-9-12-7-5-4-6-8-12/h1-10H,11-12H2;4-8H,2-3,9-11H2,1H3. The van der Waals surface area contributed by atoms with Crippen molar-refractivity contribution in [3.63, 3.8) is 0 Å². The van der Waals surface area contributed by atoms with Crippen molar-refractivity contribution in [2.24, 2.45) is 0 Å². The van der Waals surface area contributed by atoms with Gasteiger partial charge in [0.05, 0.1) is 6.61 Å². The van der Waals surface area contributed by atoms with Gasteiger partial charge in [0.1, 0.15) is 5.75 Å². The van der Waals surface area contributed by atoms with Gasteiger partial charge in [-0.1, -0.05) is 92.2 Å². The predicted molar refractivity (Wildman–Crippen MR) is 127 cm³/mol. The molecule has 3 rings (SSSR count). The molecule has 0 radical (unpaired) electrons. The first-order chi connectivity index (χ1) is 15.7. The van der Waals surface area contributed by atoms with Crippen molar-refractivity contribution in [1.29, 1.82) is 0 Å². The number of ether oxygens (including phenoxy) is 2. The van der Waals surface area contributed by atoms with Crippen LogP contribution in [0.3, 0.4) is 0 Å². The van der Waals surface area contributed by atoms with Gasteiger partial charge in [0.25, 0.3) is 0 Å². The van der Waals surface area contributed by atoms with Crippen LogP contribution in [0.1, 0.15) is 43.7 Å². The number of hydrogen-bond donors (Lipinski definition) is 0. The largest absolute Gasteiger partial charge is 0.466 e. The van der Waals surface area contributed by atoms with E-state index in [0.717, 1.165) is 24.8 Å². The van der Waals surface area contributed by atoms with Crippen LogP contribution in [0.2, 0.25) is 0 Å². The first kappa shape index (κ1) is 24.9. The summed E-state index contributed by atoms with van der Waals surface area (Å²) in [6.45, 7) is 2.64. The maximum atomic E-state index is 11.6. The molecular weight excluding hydrogens is 400 g/mol. The van der Waals surface area contributed by atoms with Gasteiger partial charge in [0, 0.05) is 12.8 Å². The molecule has 4 heteroatoms. The summed E-state index contributed by atoms with van der Waals surface area (Å²) in [5.74, 6) is 0.318. The normalized spacial score (nSPS) is 9.91. The zero-order valence-corrected chi connectivity index (χ0v) is 18.7. The van der Waals surface area contributed by atoms with E-state index in [-0.39, 0.29) is 11.9 Å². The lowest BCUT2D eigenvalue weighted by Gasteiger charge is -2.03. The highest BCUT2D eigenvalue weighted by molar-refractivity contribution is 5.72. The van der Waals surface area contributed by atoms with Gasteiger partial charge in [-0.05, 0) is 42.5 Å². The minimum absolute atomic E-state index is 0.0905. The Labute approximate surface area is 191 Å². The third kappa shape index (κ3) is 11.1. The molecule has 0 spiro atoms. The molecule has 0 N–H and O–H groups in total. The van der Waals surface area contributed by atoms with Crippen molar-refractivity contribution in [1.82, 2.24) is 0 Å². The Balaban J connectivity index is 0.000000229. The molecule has 32 heavy (non-hydrogen) atoms. The Hall–Kier alpha value is -3.40. The maximum Gasteiger partial charge on any atom is 0.311 e. The second-order valence-electron chi connectivity index (χ2n) is 7.33. The average molecular weight is 433 g/mol. The topological polar surface area (TPSA) is 52.6 Å². The summed E-state index contributed by atoms with van der Waals surface area (Å²) in [5, 5.41) is 0. The monoisotopic (exact) mass is 432 g/mol. The molecule has 0 amide bonds. The molecule has 3 aromatic rings. The highest BCUT2D eigenvalue weighted by atomic mass is 16.5. The lowest BCUT2D eigenvalue weighted by molar-refractivity contribution is -0.143. The zero-order chi connectivity index (χ0) is 22.9. The van der Waals surface area contributed by atoms with Crippen LogP contribution in [0.15, 0.2) is 91.0 Å². The molecule has 0 saturated carbocycles. The number of carbonyl (C=O) groups is 2. The van der Waals surface area contributed by atoms with Gasteiger partial charge in [-0.2, -0.15) is 0 Å². The van der Waals surface area contributed by atoms with Crippen LogP contribution in [-0.4, -0.2) is 18.5 Å². The molecule has 0 saturated heterocycles. The van der Waals surface area contributed by atoms with Crippen molar-refractivity contribution in [2.75, 3.05) is 6.61 Å². The molecule has 168 valence electrons. The van der Waals surface area contributed by atoms with Crippen LogP contribution in [0, 0.1) is 0 Å². The summed E-state index contributed by atoms with van der Waals surface area (Å²) >= 11 is 0. The Morgan fingerprint density at radius 2 is 1.12 bits per heavy atom. The molecule has 0 bridgehead atoms. The summed E-state index contributed by atoms with van der Waals surface area (Å²) in [4.78, 5) is 22.8. The highest BCUT2D eigenvalue weighted by Gasteiger charge is 2.05. The number of esters is 2. The van der Waals surface area contributed by atoms with E-state index in [0.29, 0.717) is 31.6 Å². The van der Waals surface area contributed by atoms with E-state index in [1.54, 1.807) is 12.1 Å². The number of benzene rings is 3. The number of para-hydroxylation sites is 1. The fourth-order valence-electron chi connectivity index (χ4n) is 2.86. The van der Waals surface area contributed by atoms with Crippen molar-refractivity contribution in [3.8, 4) is 5.75 Å². The van der Waals surface area contributed by atoms with E-state index >= 15 is 0 Å². The molecule has 0 aromatic heterocycles.